The van der Waals surface area contributed by atoms with Crippen LogP contribution < -0.4 is 5.32 Å². The first kappa shape index (κ1) is 20.0. The normalized spacial score (nSPS) is 13.7. The average Bonchev–Trinajstić information content (AvgIpc) is 3.09. The van der Waals surface area contributed by atoms with E-state index in [1.165, 1.54) is 35.0 Å². The molecule has 2 amide bonds. The van der Waals surface area contributed by atoms with Crippen molar-refractivity contribution in [2.45, 2.75) is 19.5 Å². The number of anilines is 1. The third-order valence-corrected chi connectivity index (χ3v) is 5.02. The Bertz CT molecular complexity index is 1110. The van der Waals surface area contributed by atoms with Crippen molar-refractivity contribution in [3.8, 4) is 0 Å². The van der Waals surface area contributed by atoms with Crippen LogP contribution >= 0.6 is 11.6 Å². The summed E-state index contributed by atoms with van der Waals surface area (Å²) in [5.74, 6) is -1.92. The highest BCUT2D eigenvalue weighted by Crippen LogP contribution is 2.21. The molecule has 154 valence electrons. The van der Waals surface area contributed by atoms with Gasteiger partial charge in [0.15, 0.2) is 5.69 Å². The maximum Gasteiger partial charge on any atom is 0.276 e. The number of benzene rings is 2. The number of carbonyl (C=O) groups is 2. The minimum absolute atomic E-state index is 0.0105. The number of hydrogen-bond acceptors (Lipinski definition) is 3. The zero-order valence-electron chi connectivity index (χ0n) is 15.7. The molecule has 2 heterocycles. The first-order valence-corrected chi connectivity index (χ1v) is 9.66. The lowest BCUT2D eigenvalue weighted by Crippen LogP contribution is -2.30. The van der Waals surface area contributed by atoms with Crippen LogP contribution in [-0.2, 0) is 13.1 Å². The fourth-order valence-electron chi connectivity index (χ4n) is 3.28. The zero-order chi connectivity index (χ0) is 21.3. The highest BCUT2D eigenvalue weighted by atomic mass is 35.5. The summed E-state index contributed by atoms with van der Waals surface area (Å²) >= 11 is 5.72. The van der Waals surface area contributed by atoms with Crippen molar-refractivity contribution in [1.82, 2.24) is 14.7 Å². The number of fused-ring (bicyclic) bond motifs is 1. The van der Waals surface area contributed by atoms with Gasteiger partial charge in [0.2, 0.25) is 0 Å². The van der Waals surface area contributed by atoms with Gasteiger partial charge in [0.05, 0.1) is 5.69 Å². The van der Waals surface area contributed by atoms with E-state index in [0.29, 0.717) is 26.1 Å². The molecule has 1 aliphatic heterocycles. The minimum Gasteiger partial charge on any atom is -0.333 e. The van der Waals surface area contributed by atoms with E-state index in [1.807, 2.05) is 0 Å². The van der Waals surface area contributed by atoms with Crippen LogP contribution in [0.15, 0.2) is 48.5 Å². The Morgan fingerprint density at radius 2 is 1.87 bits per heavy atom. The van der Waals surface area contributed by atoms with Gasteiger partial charge in [0.1, 0.15) is 17.3 Å². The molecule has 0 fully saturated rings. The number of hydrogen-bond donors (Lipinski definition) is 1. The molecule has 2 aromatic carbocycles. The molecule has 1 N–H and O–H groups in total. The fourth-order valence-corrected chi connectivity index (χ4v) is 3.44. The predicted molar refractivity (Wildman–Crippen MR) is 107 cm³/mol. The van der Waals surface area contributed by atoms with Crippen LogP contribution in [0.5, 0.6) is 0 Å². The van der Waals surface area contributed by atoms with Crippen LogP contribution in [0.2, 0.25) is 5.02 Å². The van der Waals surface area contributed by atoms with Gasteiger partial charge in [0, 0.05) is 30.7 Å². The minimum atomic E-state index is -0.668. The molecule has 0 aliphatic carbocycles. The Balaban J connectivity index is 1.53. The number of rotatable bonds is 4. The van der Waals surface area contributed by atoms with Crippen molar-refractivity contribution in [2.75, 3.05) is 11.9 Å². The second kappa shape index (κ2) is 8.23. The van der Waals surface area contributed by atoms with Crippen LogP contribution in [0.3, 0.4) is 0 Å². The number of aromatic nitrogens is 2. The van der Waals surface area contributed by atoms with Crippen LogP contribution in [0.1, 0.15) is 33.0 Å². The highest BCUT2D eigenvalue weighted by molar-refractivity contribution is 6.30. The summed E-state index contributed by atoms with van der Waals surface area (Å²) in [6.07, 6.45) is 0.647. The Kier molecular flexibility index (Phi) is 5.50. The lowest BCUT2D eigenvalue weighted by atomic mass is 10.2. The molecular weight excluding hydrogens is 414 g/mol. The van der Waals surface area contributed by atoms with Gasteiger partial charge < -0.3 is 10.2 Å². The largest absolute Gasteiger partial charge is 0.333 e. The summed E-state index contributed by atoms with van der Waals surface area (Å²) in [5, 5.41) is 6.87. The van der Waals surface area contributed by atoms with Gasteiger partial charge >= 0.3 is 0 Å². The third kappa shape index (κ3) is 4.18. The summed E-state index contributed by atoms with van der Waals surface area (Å²) in [5.41, 5.74) is 1.05. The number of nitrogens with zero attached hydrogens (tertiary/aromatic N) is 3. The number of carbonyl (C=O) groups excluding carboxylic acids is 2. The fraction of sp³-hybridized carbons (Fsp3) is 0.190. The number of halogens is 3. The molecule has 0 saturated carbocycles. The summed E-state index contributed by atoms with van der Waals surface area (Å²) < 4.78 is 28.6. The van der Waals surface area contributed by atoms with Crippen LogP contribution in [-0.4, -0.2) is 33.0 Å². The van der Waals surface area contributed by atoms with Gasteiger partial charge in [-0.2, -0.15) is 5.10 Å². The quantitative estimate of drug-likeness (QED) is 0.677. The van der Waals surface area contributed by atoms with E-state index in [1.54, 1.807) is 17.0 Å². The standard InChI is InChI=1S/C21H17ClF2N4O2/c22-14-4-7-17(16(24)10-14)25-20(29)18-11-19-21(30)27(8-1-9-28(19)26-18)12-13-2-5-15(23)6-3-13/h2-7,10-11H,1,8-9,12H2,(H,25,29). The zero-order valence-corrected chi connectivity index (χ0v) is 16.5. The molecule has 9 heteroatoms. The van der Waals surface area contributed by atoms with Gasteiger partial charge in [-0.3, -0.25) is 14.3 Å². The third-order valence-electron chi connectivity index (χ3n) is 4.78. The van der Waals surface area contributed by atoms with Crippen molar-refractivity contribution in [3.63, 3.8) is 0 Å². The number of nitrogens with one attached hydrogen (secondary N) is 1. The van der Waals surface area contributed by atoms with E-state index in [9.17, 15) is 18.4 Å². The Hall–Kier alpha value is -3.26. The van der Waals surface area contributed by atoms with Crippen LogP contribution in [0.25, 0.3) is 0 Å². The van der Waals surface area contributed by atoms with Crippen molar-refractivity contribution < 1.29 is 18.4 Å². The van der Waals surface area contributed by atoms with E-state index >= 15 is 0 Å². The number of aryl methyl sites for hydroxylation is 1. The van der Waals surface area contributed by atoms with Crippen molar-refractivity contribution >= 4 is 29.1 Å². The summed E-state index contributed by atoms with van der Waals surface area (Å²) in [4.78, 5) is 27.1. The molecule has 0 radical (unpaired) electrons. The highest BCUT2D eigenvalue weighted by Gasteiger charge is 2.26. The first-order valence-electron chi connectivity index (χ1n) is 9.29. The van der Waals surface area contributed by atoms with Crippen LogP contribution in [0.4, 0.5) is 14.5 Å². The van der Waals surface area contributed by atoms with Gasteiger partial charge in [-0.25, -0.2) is 8.78 Å². The molecule has 3 aromatic rings. The smallest absolute Gasteiger partial charge is 0.276 e. The molecule has 1 aliphatic rings. The topological polar surface area (TPSA) is 67.2 Å². The Labute approximate surface area is 176 Å². The maximum atomic E-state index is 13.9. The van der Waals surface area contributed by atoms with Crippen molar-refractivity contribution in [3.05, 3.63) is 82.1 Å². The molecule has 0 bridgehead atoms. The van der Waals surface area contributed by atoms with Gasteiger partial charge in [-0.05, 0) is 42.3 Å². The van der Waals surface area contributed by atoms with Gasteiger partial charge in [-0.1, -0.05) is 23.7 Å². The summed E-state index contributed by atoms with van der Waals surface area (Å²) in [6, 6.07) is 11.3. The monoisotopic (exact) mass is 430 g/mol. The lowest BCUT2D eigenvalue weighted by Gasteiger charge is -2.20. The first-order chi connectivity index (χ1) is 14.4. The molecule has 6 nitrogen and oxygen atoms in total. The molecule has 30 heavy (non-hydrogen) atoms. The molecule has 4 rings (SSSR count). The van der Waals surface area contributed by atoms with Crippen molar-refractivity contribution in [1.29, 1.82) is 0 Å². The van der Waals surface area contributed by atoms with E-state index < -0.39 is 11.7 Å². The van der Waals surface area contributed by atoms with Gasteiger partial charge in [-0.15, -0.1) is 0 Å². The van der Waals surface area contributed by atoms with E-state index in [-0.39, 0.29) is 33.8 Å². The summed E-state index contributed by atoms with van der Waals surface area (Å²) in [7, 11) is 0. The number of amides is 2. The van der Waals surface area contributed by atoms with Crippen molar-refractivity contribution in [2.24, 2.45) is 0 Å². The Morgan fingerprint density at radius 1 is 1.10 bits per heavy atom. The van der Waals surface area contributed by atoms with Gasteiger partial charge in [0.25, 0.3) is 11.8 Å². The average molecular weight is 431 g/mol. The molecule has 0 atom stereocenters. The molecular formula is C21H17ClF2N4O2. The molecule has 0 spiro atoms. The van der Waals surface area contributed by atoms with E-state index in [0.717, 1.165) is 11.6 Å². The maximum absolute atomic E-state index is 13.9. The second-order valence-electron chi connectivity index (χ2n) is 6.92. The van der Waals surface area contributed by atoms with E-state index in [4.69, 9.17) is 11.6 Å². The summed E-state index contributed by atoms with van der Waals surface area (Å²) in [6.45, 7) is 1.29. The molecule has 1 aromatic heterocycles. The lowest BCUT2D eigenvalue weighted by molar-refractivity contribution is 0.0745. The molecule has 0 unspecified atom stereocenters. The second-order valence-corrected chi connectivity index (χ2v) is 7.36. The molecule has 0 saturated heterocycles. The Morgan fingerprint density at radius 3 is 2.60 bits per heavy atom. The van der Waals surface area contributed by atoms with E-state index in [2.05, 4.69) is 10.4 Å². The predicted octanol–water partition coefficient (Wildman–Crippen LogP) is 4.11. The van der Waals surface area contributed by atoms with Crippen LogP contribution in [0, 0.1) is 11.6 Å². The SMILES string of the molecule is O=C(Nc1ccc(Cl)cc1F)c1cc2n(n1)CCCN(Cc1ccc(F)cc1)C2=O.